The second-order valence-corrected chi connectivity index (χ2v) is 6.78. The van der Waals surface area contributed by atoms with E-state index in [0.717, 1.165) is 11.3 Å². The second-order valence-electron chi connectivity index (χ2n) is 4.96. The maximum Gasteiger partial charge on any atom is 0.269 e. The molecule has 0 spiro atoms. The molecule has 1 heterocycles. The summed E-state index contributed by atoms with van der Waals surface area (Å²) in [7, 11) is 1.57. The zero-order valence-electron chi connectivity index (χ0n) is 13.3. The third kappa shape index (κ3) is 4.31. The zero-order chi connectivity index (χ0) is 18.4. The van der Waals surface area contributed by atoms with Gasteiger partial charge in [-0.2, -0.15) is 10.5 Å². The average Bonchev–Trinajstić information content (AvgIpc) is 2.90. The summed E-state index contributed by atoms with van der Waals surface area (Å²) in [4.78, 5) is 12.7. The largest absolute Gasteiger partial charge is 0.385 e. The Hall–Kier alpha value is -2.09. The number of rotatable bonds is 5. The lowest BCUT2D eigenvalue weighted by molar-refractivity contribution is 0.190. The van der Waals surface area contributed by atoms with Gasteiger partial charge in [0.25, 0.3) is 5.56 Å². The molecular formula is C17H13Cl2N3O2S. The standard InChI is InChI=1S/C17H13Cl2N3O2S/c1-24-7-3-6-22-16(23)14(25-17(22)12(9-20)10-21)8-11-4-2-5-13(18)15(11)19/h2,4-5,8H,3,6-7H2,1H3/b14-8-. The molecule has 0 aliphatic rings. The van der Waals surface area contributed by atoms with Gasteiger partial charge in [-0.3, -0.25) is 9.36 Å². The van der Waals surface area contributed by atoms with Crippen LogP contribution in [0.25, 0.3) is 11.6 Å². The smallest absolute Gasteiger partial charge is 0.269 e. The van der Waals surface area contributed by atoms with Crippen molar-refractivity contribution in [1.82, 2.24) is 4.57 Å². The summed E-state index contributed by atoms with van der Waals surface area (Å²) in [6.07, 6.45) is 2.20. The Balaban J connectivity index is 2.72. The van der Waals surface area contributed by atoms with Crippen molar-refractivity contribution in [2.75, 3.05) is 13.7 Å². The minimum absolute atomic E-state index is 0.101. The molecule has 1 aromatic carbocycles. The lowest BCUT2D eigenvalue weighted by Gasteiger charge is -2.01. The third-order valence-corrected chi connectivity index (χ3v) is 5.31. The highest BCUT2D eigenvalue weighted by Gasteiger charge is 2.10. The average molecular weight is 394 g/mol. The van der Waals surface area contributed by atoms with Gasteiger partial charge in [-0.05, 0) is 24.1 Å². The fraction of sp³-hybridized carbons (Fsp3) is 0.235. The molecule has 25 heavy (non-hydrogen) atoms. The van der Waals surface area contributed by atoms with E-state index in [9.17, 15) is 4.79 Å². The number of thiazole rings is 1. The van der Waals surface area contributed by atoms with Crippen LogP contribution in [0.1, 0.15) is 12.0 Å². The van der Waals surface area contributed by atoms with Gasteiger partial charge in [0.15, 0.2) is 5.57 Å². The van der Waals surface area contributed by atoms with Crippen LogP contribution in [0.4, 0.5) is 0 Å². The van der Waals surface area contributed by atoms with Crippen molar-refractivity contribution in [1.29, 1.82) is 10.5 Å². The molecule has 0 radical (unpaired) electrons. The Morgan fingerprint density at radius 1 is 1.36 bits per heavy atom. The molecule has 0 aliphatic heterocycles. The Morgan fingerprint density at radius 3 is 2.72 bits per heavy atom. The van der Waals surface area contributed by atoms with Crippen molar-refractivity contribution in [2.24, 2.45) is 0 Å². The first-order chi connectivity index (χ1) is 12.0. The van der Waals surface area contributed by atoms with E-state index in [2.05, 4.69) is 0 Å². The van der Waals surface area contributed by atoms with Gasteiger partial charge in [-0.15, -0.1) is 11.3 Å². The van der Waals surface area contributed by atoms with E-state index in [1.54, 1.807) is 31.4 Å². The first-order valence-corrected chi connectivity index (χ1v) is 8.79. The van der Waals surface area contributed by atoms with E-state index in [-0.39, 0.29) is 11.1 Å². The number of hydrogen-bond acceptors (Lipinski definition) is 5. The van der Waals surface area contributed by atoms with Gasteiger partial charge in [0, 0.05) is 20.3 Å². The van der Waals surface area contributed by atoms with Crippen LogP contribution in [-0.2, 0) is 11.3 Å². The van der Waals surface area contributed by atoms with Crippen molar-refractivity contribution >= 4 is 46.2 Å². The molecule has 0 unspecified atom stereocenters. The topological polar surface area (TPSA) is 78.8 Å². The minimum atomic E-state index is -0.282. The number of hydrogen-bond donors (Lipinski definition) is 0. The summed E-state index contributed by atoms with van der Waals surface area (Å²) in [5.41, 5.74) is 0.213. The van der Waals surface area contributed by atoms with Gasteiger partial charge in [0.05, 0.1) is 14.6 Å². The molecule has 5 nitrogen and oxygen atoms in total. The first-order valence-electron chi connectivity index (χ1n) is 7.22. The predicted molar refractivity (Wildman–Crippen MR) is 99.0 cm³/mol. The van der Waals surface area contributed by atoms with E-state index in [1.165, 1.54) is 4.57 Å². The fourth-order valence-corrected chi connectivity index (χ4v) is 3.60. The quantitative estimate of drug-likeness (QED) is 0.729. The number of methoxy groups -OCH3 is 1. The van der Waals surface area contributed by atoms with E-state index < -0.39 is 0 Å². The summed E-state index contributed by atoms with van der Waals surface area (Å²) in [5.74, 6) is 0. The molecule has 0 atom stereocenters. The molecule has 0 amide bonds. The van der Waals surface area contributed by atoms with E-state index in [0.29, 0.717) is 44.4 Å². The van der Waals surface area contributed by atoms with Gasteiger partial charge in [0.1, 0.15) is 16.8 Å². The molecule has 128 valence electrons. The van der Waals surface area contributed by atoms with Gasteiger partial charge in [-0.25, -0.2) is 0 Å². The Bertz CT molecular complexity index is 1030. The lowest BCUT2D eigenvalue weighted by Crippen LogP contribution is -2.32. The van der Waals surface area contributed by atoms with Crippen LogP contribution in [0.15, 0.2) is 23.0 Å². The van der Waals surface area contributed by atoms with Crippen LogP contribution >= 0.6 is 34.5 Å². The zero-order valence-corrected chi connectivity index (χ0v) is 15.6. The minimum Gasteiger partial charge on any atom is -0.385 e. The summed E-state index contributed by atoms with van der Waals surface area (Å²) in [5, 5.41) is 19.0. The molecule has 2 rings (SSSR count). The molecule has 0 aliphatic carbocycles. The predicted octanol–water partition coefficient (Wildman–Crippen LogP) is 2.28. The summed E-state index contributed by atoms with van der Waals surface area (Å²) >= 11 is 13.2. The number of halogens is 2. The maximum atomic E-state index is 12.7. The van der Waals surface area contributed by atoms with Crippen LogP contribution in [-0.4, -0.2) is 18.3 Å². The first kappa shape index (κ1) is 19.2. The van der Waals surface area contributed by atoms with Gasteiger partial charge in [0.2, 0.25) is 0 Å². The number of ether oxygens (including phenoxy) is 1. The number of nitrogens with zero attached hydrogens (tertiary/aromatic N) is 3. The Morgan fingerprint density at radius 2 is 2.08 bits per heavy atom. The number of nitriles is 2. The highest BCUT2D eigenvalue weighted by atomic mass is 35.5. The monoisotopic (exact) mass is 393 g/mol. The maximum absolute atomic E-state index is 12.7. The molecule has 0 fully saturated rings. The normalized spacial score (nSPS) is 11.2. The van der Waals surface area contributed by atoms with Crippen LogP contribution in [0, 0.1) is 22.7 Å². The van der Waals surface area contributed by atoms with Crippen LogP contribution in [0.2, 0.25) is 10.0 Å². The summed E-state index contributed by atoms with van der Waals surface area (Å²) in [6.45, 7) is 0.817. The Labute approximate surface area is 158 Å². The van der Waals surface area contributed by atoms with Gasteiger partial charge in [-0.1, -0.05) is 35.3 Å². The van der Waals surface area contributed by atoms with Crippen molar-refractivity contribution in [3.8, 4) is 12.1 Å². The molecule has 0 bridgehead atoms. The SMILES string of the molecule is COCCCn1c(=C(C#N)C#N)s/c(=C\c2cccc(Cl)c2Cl)c1=O. The highest BCUT2D eigenvalue weighted by molar-refractivity contribution is 7.07. The van der Waals surface area contributed by atoms with E-state index in [1.807, 2.05) is 12.1 Å². The van der Waals surface area contributed by atoms with E-state index >= 15 is 0 Å². The number of benzene rings is 1. The van der Waals surface area contributed by atoms with Crippen molar-refractivity contribution < 1.29 is 4.74 Å². The van der Waals surface area contributed by atoms with Crippen molar-refractivity contribution in [2.45, 2.75) is 13.0 Å². The van der Waals surface area contributed by atoms with Crippen LogP contribution in [0.5, 0.6) is 0 Å². The molecular weight excluding hydrogens is 381 g/mol. The molecule has 8 heteroatoms. The fourth-order valence-electron chi connectivity index (χ4n) is 2.17. The molecule has 0 N–H and O–H groups in total. The molecule has 0 saturated heterocycles. The number of aromatic nitrogens is 1. The Kier molecular flexibility index (Phi) is 6.81. The molecule has 2 aromatic rings. The highest BCUT2D eigenvalue weighted by Crippen LogP contribution is 2.25. The van der Waals surface area contributed by atoms with Crippen LogP contribution in [0.3, 0.4) is 0 Å². The molecule has 1 aromatic heterocycles. The van der Waals surface area contributed by atoms with Gasteiger partial charge < -0.3 is 4.74 Å². The second kappa shape index (κ2) is 8.84. The molecule has 0 saturated carbocycles. The van der Waals surface area contributed by atoms with Crippen molar-refractivity contribution in [3.63, 3.8) is 0 Å². The van der Waals surface area contributed by atoms with Gasteiger partial charge >= 0.3 is 0 Å². The lowest BCUT2D eigenvalue weighted by atomic mass is 10.2. The van der Waals surface area contributed by atoms with E-state index in [4.69, 9.17) is 38.5 Å². The summed E-state index contributed by atoms with van der Waals surface area (Å²) < 4.78 is 7.13. The third-order valence-electron chi connectivity index (χ3n) is 3.34. The van der Waals surface area contributed by atoms with Crippen molar-refractivity contribution in [3.05, 3.63) is 53.4 Å². The summed E-state index contributed by atoms with van der Waals surface area (Å²) in [6, 6.07) is 8.80. The van der Waals surface area contributed by atoms with Crippen LogP contribution < -0.4 is 14.8 Å².